The molecule has 1 aliphatic heterocycles. The van der Waals surface area contributed by atoms with Crippen LogP contribution in [0.4, 0.5) is 9.18 Å². The van der Waals surface area contributed by atoms with Gasteiger partial charge in [0.25, 0.3) is 0 Å². The standard InChI is InChI=1S/C16H22FNO3/c1-10-11-6-7-13(20-5)14(17)12(11)8-9-18(10)15(19)21-16(2,3)4/h6-7,10H,8-9H2,1-5H3. The molecule has 0 N–H and O–H groups in total. The summed E-state index contributed by atoms with van der Waals surface area (Å²) in [6.07, 6.45) is 0.0963. The molecule has 1 amide bonds. The molecule has 1 atom stereocenters. The Morgan fingerprint density at radius 3 is 2.62 bits per heavy atom. The minimum Gasteiger partial charge on any atom is -0.494 e. The molecule has 1 unspecified atom stereocenters. The van der Waals surface area contributed by atoms with E-state index in [0.29, 0.717) is 18.5 Å². The van der Waals surface area contributed by atoms with E-state index in [4.69, 9.17) is 9.47 Å². The summed E-state index contributed by atoms with van der Waals surface area (Å²) < 4.78 is 24.7. The summed E-state index contributed by atoms with van der Waals surface area (Å²) >= 11 is 0. The number of halogens is 1. The van der Waals surface area contributed by atoms with Crippen LogP contribution in [0.2, 0.25) is 0 Å². The van der Waals surface area contributed by atoms with Crippen molar-refractivity contribution >= 4 is 6.09 Å². The van der Waals surface area contributed by atoms with E-state index >= 15 is 0 Å². The Bertz CT molecular complexity index is 551. The predicted octanol–water partition coefficient (Wildman–Crippen LogP) is 3.69. The molecule has 4 nitrogen and oxygen atoms in total. The number of nitrogens with zero attached hydrogens (tertiary/aromatic N) is 1. The van der Waals surface area contributed by atoms with Gasteiger partial charge in [-0.25, -0.2) is 9.18 Å². The van der Waals surface area contributed by atoms with E-state index in [0.717, 1.165) is 5.56 Å². The van der Waals surface area contributed by atoms with E-state index in [2.05, 4.69) is 0 Å². The number of fused-ring (bicyclic) bond motifs is 1. The van der Waals surface area contributed by atoms with Crippen LogP contribution < -0.4 is 4.74 Å². The van der Waals surface area contributed by atoms with Crippen molar-refractivity contribution in [3.8, 4) is 5.75 Å². The predicted molar refractivity (Wildman–Crippen MR) is 78.0 cm³/mol. The van der Waals surface area contributed by atoms with E-state index in [1.54, 1.807) is 11.0 Å². The molecular weight excluding hydrogens is 273 g/mol. The molecule has 0 saturated carbocycles. The molecule has 0 spiro atoms. The Morgan fingerprint density at radius 2 is 2.05 bits per heavy atom. The smallest absolute Gasteiger partial charge is 0.410 e. The Kier molecular flexibility index (Phi) is 4.12. The Balaban J connectivity index is 2.27. The monoisotopic (exact) mass is 295 g/mol. The fraction of sp³-hybridized carbons (Fsp3) is 0.562. The molecule has 5 heteroatoms. The summed E-state index contributed by atoms with van der Waals surface area (Å²) in [6.45, 7) is 7.81. The van der Waals surface area contributed by atoms with Crippen LogP contribution in [0.3, 0.4) is 0 Å². The molecule has 116 valence electrons. The highest BCUT2D eigenvalue weighted by Crippen LogP contribution is 2.35. The van der Waals surface area contributed by atoms with Crippen molar-refractivity contribution in [1.29, 1.82) is 0 Å². The number of rotatable bonds is 1. The van der Waals surface area contributed by atoms with E-state index < -0.39 is 5.60 Å². The lowest BCUT2D eigenvalue weighted by Gasteiger charge is -2.36. The van der Waals surface area contributed by atoms with Crippen LogP contribution in [-0.2, 0) is 11.2 Å². The van der Waals surface area contributed by atoms with Crippen molar-refractivity contribution in [3.63, 3.8) is 0 Å². The highest BCUT2D eigenvalue weighted by atomic mass is 19.1. The molecule has 1 heterocycles. The van der Waals surface area contributed by atoms with Crippen molar-refractivity contribution in [2.45, 2.75) is 45.8 Å². The maximum atomic E-state index is 14.3. The van der Waals surface area contributed by atoms with Crippen LogP contribution in [0.1, 0.15) is 44.9 Å². The third kappa shape index (κ3) is 3.12. The molecule has 0 aliphatic carbocycles. The van der Waals surface area contributed by atoms with Gasteiger partial charge in [0.15, 0.2) is 11.6 Å². The van der Waals surface area contributed by atoms with Gasteiger partial charge in [-0.05, 0) is 51.3 Å². The van der Waals surface area contributed by atoms with Gasteiger partial charge in [-0.15, -0.1) is 0 Å². The van der Waals surface area contributed by atoms with Gasteiger partial charge in [-0.1, -0.05) is 6.07 Å². The normalized spacial score (nSPS) is 18.2. The summed E-state index contributed by atoms with van der Waals surface area (Å²) in [5, 5.41) is 0. The summed E-state index contributed by atoms with van der Waals surface area (Å²) in [6, 6.07) is 3.20. The molecule has 2 rings (SSSR count). The molecule has 0 radical (unpaired) electrons. The van der Waals surface area contributed by atoms with Crippen LogP contribution in [0, 0.1) is 5.82 Å². The van der Waals surface area contributed by atoms with Gasteiger partial charge in [-0.2, -0.15) is 0 Å². The second-order valence-corrected chi connectivity index (χ2v) is 6.25. The highest BCUT2D eigenvalue weighted by molar-refractivity contribution is 5.69. The molecule has 1 aromatic carbocycles. The first-order chi connectivity index (χ1) is 9.74. The van der Waals surface area contributed by atoms with Gasteiger partial charge >= 0.3 is 6.09 Å². The first-order valence-corrected chi connectivity index (χ1v) is 7.09. The average Bonchev–Trinajstić information content (AvgIpc) is 2.38. The molecule has 21 heavy (non-hydrogen) atoms. The molecule has 1 aliphatic rings. The Morgan fingerprint density at radius 1 is 1.38 bits per heavy atom. The average molecular weight is 295 g/mol. The minimum atomic E-state index is -0.539. The zero-order valence-corrected chi connectivity index (χ0v) is 13.2. The molecule has 0 saturated heterocycles. The molecule has 0 bridgehead atoms. The number of carbonyl (C=O) groups excluding carboxylic acids is 1. The van der Waals surface area contributed by atoms with E-state index in [1.165, 1.54) is 7.11 Å². The van der Waals surface area contributed by atoms with Gasteiger partial charge in [0.1, 0.15) is 5.60 Å². The first kappa shape index (κ1) is 15.6. The maximum Gasteiger partial charge on any atom is 0.410 e. The number of hydrogen-bond acceptors (Lipinski definition) is 3. The van der Waals surface area contributed by atoms with Gasteiger partial charge in [0.2, 0.25) is 0 Å². The second kappa shape index (κ2) is 5.54. The number of benzene rings is 1. The Hall–Kier alpha value is -1.78. The van der Waals surface area contributed by atoms with Gasteiger partial charge in [0, 0.05) is 6.54 Å². The topological polar surface area (TPSA) is 38.8 Å². The quantitative estimate of drug-likeness (QED) is 0.793. The first-order valence-electron chi connectivity index (χ1n) is 7.09. The molecule has 0 fully saturated rings. The maximum absolute atomic E-state index is 14.3. The number of ether oxygens (including phenoxy) is 2. The van der Waals surface area contributed by atoms with Crippen molar-refractivity contribution < 1.29 is 18.7 Å². The zero-order valence-electron chi connectivity index (χ0n) is 13.2. The van der Waals surface area contributed by atoms with Gasteiger partial charge < -0.3 is 14.4 Å². The SMILES string of the molecule is COc1ccc2c(c1F)CCN(C(=O)OC(C)(C)C)C2C. The third-order valence-electron chi connectivity index (χ3n) is 3.61. The second-order valence-electron chi connectivity index (χ2n) is 6.25. The van der Waals surface area contributed by atoms with Crippen LogP contribution in [-0.4, -0.2) is 30.2 Å². The lowest BCUT2D eigenvalue weighted by molar-refractivity contribution is 0.0158. The summed E-state index contributed by atoms with van der Waals surface area (Å²) in [7, 11) is 1.45. The molecule has 1 aromatic rings. The zero-order chi connectivity index (χ0) is 15.8. The van der Waals surface area contributed by atoms with Crippen LogP contribution in [0.25, 0.3) is 0 Å². The fourth-order valence-electron chi connectivity index (χ4n) is 2.58. The highest BCUT2D eigenvalue weighted by Gasteiger charge is 2.32. The van der Waals surface area contributed by atoms with Crippen LogP contribution in [0.15, 0.2) is 12.1 Å². The van der Waals surface area contributed by atoms with Crippen molar-refractivity contribution in [2.24, 2.45) is 0 Å². The third-order valence-corrected chi connectivity index (χ3v) is 3.61. The van der Waals surface area contributed by atoms with E-state index in [9.17, 15) is 9.18 Å². The summed E-state index contributed by atoms with van der Waals surface area (Å²) in [4.78, 5) is 13.9. The van der Waals surface area contributed by atoms with Crippen LogP contribution >= 0.6 is 0 Å². The van der Waals surface area contributed by atoms with Crippen molar-refractivity contribution in [1.82, 2.24) is 4.90 Å². The van der Waals surface area contributed by atoms with Gasteiger partial charge in [0.05, 0.1) is 13.2 Å². The number of methoxy groups -OCH3 is 1. The van der Waals surface area contributed by atoms with Gasteiger partial charge in [-0.3, -0.25) is 0 Å². The number of carbonyl (C=O) groups is 1. The van der Waals surface area contributed by atoms with Crippen molar-refractivity contribution in [2.75, 3.05) is 13.7 Å². The lowest BCUT2D eigenvalue weighted by atomic mass is 9.93. The Labute approximate surface area is 124 Å². The fourth-order valence-corrected chi connectivity index (χ4v) is 2.58. The van der Waals surface area contributed by atoms with E-state index in [1.807, 2.05) is 33.8 Å². The number of hydrogen-bond donors (Lipinski definition) is 0. The van der Waals surface area contributed by atoms with Crippen LogP contribution in [0.5, 0.6) is 5.75 Å². The molecule has 0 aromatic heterocycles. The lowest BCUT2D eigenvalue weighted by Crippen LogP contribution is -2.42. The van der Waals surface area contributed by atoms with Crippen molar-refractivity contribution in [3.05, 3.63) is 29.1 Å². The molecular formula is C16H22FNO3. The minimum absolute atomic E-state index is 0.219. The summed E-state index contributed by atoms with van der Waals surface area (Å²) in [5.41, 5.74) is 0.898. The number of amides is 1. The largest absolute Gasteiger partial charge is 0.494 e. The summed E-state index contributed by atoms with van der Waals surface area (Å²) in [5.74, 6) is -0.0858. The van der Waals surface area contributed by atoms with E-state index in [-0.39, 0.29) is 23.7 Å².